The van der Waals surface area contributed by atoms with Gasteiger partial charge in [0.1, 0.15) is 18.5 Å². The summed E-state index contributed by atoms with van der Waals surface area (Å²) < 4.78 is 40.9. The van der Waals surface area contributed by atoms with Crippen LogP contribution in [-0.2, 0) is 0 Å². The van der Waals surface area contributed by atoms with Crippen LogP contribution in [-0.4, -0.2) is 24.6 Å². The summed E-state index contributed by atoms with van der Waals surface area (Å²) in [6.07, 6.45) is -2.95. The molecule has 0 aromatic rings. The van der Waals surface area contributed by atoms with E-state index in [2.05, 4.69) is 0 Å². The van der Waals surface area contributed by atoms with Crippen LogP contribution < -0.4 is 5.73 Å². The van der Waals surface area contributed by atoms with Gasteiger partial charge in [0.05, 0.1) is 0 Å². The number of nitrogens with two attached hydrogens (primary N) is 1. The van der Waals surface area contributed by atoms with Crippen LogP contribution in [0.4, 0.5) is 13.2 Å². The minimum atomic E-state index is -1.28. The predicted molar refractivity (Wildman–Crippen MR) is 45.9 cm³/mol. The van der Waals surface area contributed by atoms with E-state index in [1.807, 2.05) is 0 Å². The molecule has 0 aromatic heterocycles. The Bertz CT molecular complexity index is 194. The first-order valence-corrected chi connectivity index (χ1v) is 5.29. The van der Waals surface area contributed by atoms with Crippen molar-refractivity contribution in [1.82, 2.24) is 0 Å². The van der Waals surface area contributed by atoms with E-state index in [1.165, 1.54) is 0 Å². The first kappa shape index (κ1) is 9.01. The molecule has 6 atom stereocenters. The molecule has 0 radical (unpaired) electrons. The largest absolute Gasteiger partial charge is 0.327 e. The quantitative estimate of drug-likeness (QED) is 0.639. The topological polar surface area (TPSA) is 26.0 Å². The van der Waals surface area contributed by atoms with Gasteiger partial charge in [0.15, 0.2) is 0 Å². The first-order valence-electron chi connectivity index (χ1n) is 5.29. The third kappa shape index (κ3) is 0.859. The third-order valence-corrected chi connectivity index (χ3v) is 4.53. The molecule has 0 amide bonds. The third-order valence-electron chi connectivity index (χ3n) is 4.53. The van der Waals surface area contributed by atoms with Crippen molar-refractivity contribution in [2.45, 2.75) is 37.4 Å². The van der Waals surface area contributed by atoms with Gasteiger partial charge in [0.2, 0.25) is 0 Å². The van der Waals surface area contributed by atoms with Gasteiger partial charge in [0.25, 0.3) is 0 Å². The lowest BCUT2D eigenvalue weighted by Gasteiger charge is -2.57. The molecule has 0 aromatic carbocycles. The Balaban J connectivity index is 1.98. The van der Waals surface area contributed by atoms with E-state index in [1.54, 1.807) is 0 Å². The maximum absolute atomic E-state index is 13.7. The van der Waals surface area contributed by atoms with Crippen LogP contribution in [0, 0.1) is 23.7 Å². The lowest BCUT2D eigenvalue weighted by atomic mass is 9.52. The van der Waals surface area contributed by atoms with E-state index in [-0.39, 0.29) is 17.9 Å². The summed E-state index contributed by atoms with van der Waals surface area (Å²) in [5.41, 5.74) is 5.79. The average molecular weight is 205 g/mol. The van der Waals surface area contributed by atoms with E-state index in [0.717, 1.165) is 0 Å². The highest BCUT2D eigenvalue weighted by atomic mass is 19.2. The van der Waals surface area contributed by atoms with Crippen molar-refractivity contribution in [3.05, 3.63) is 0 Å². The van der Waals surface area contributed by atoms with Gasteiger partial charge >= 0.3 is 0 Å². The van der Waals surface area contributed by atoms with E-state index in [0.29, 0.717) is 12.8 Å². The molecule has 6 unspecified atom stereocenters. The van der Waals surface area contributed by atoms with Crippen LogP contribution in [0.5, 0.6) is 0 Å². The van der Waals surface area contributed by atoms with Gasteiger partial charge in [-0.2, -0.15) is 0 Å². The Morgan fingerprint density at radius 2 is 1.07 bits per heavy atom. The predicted octanol–water partition coefficient (Wildman–Crippen LogP) is 1.61. The van der Waals surface area contributed by atoms with Crippen molar-refractivity contribution in [3.8, 4) is 0 Å². The van der Waals surface area contributed by atoms with Crippen LogP contribution in [0.25, 0.3) is 0 Å². The molecule has 4 aliphatic carbocycles. The molecule has 4 rings (SSSR count). The highest BCUT2D eigenvalue weighted by molar-refractivity contribution is 5.12. The lowest BCUT2D eigenvalue weighted by molar-refractivity contribution is -0.155. The smallest absolute Gasteiger partial charge is 0.111 e. The van der Waals surface area contributed by atoms with Gasteiger partial charge < -0.3 is 5.73 Å². The van der Waals surface area contributed by atoms with Crippen molar-refractivity contribution < 1.29 is 13.2 Å². The van der Waals surface area contributed by atoms with Gasteiger partial charge in [-0.05, 0) is 12.8 Å². The zero-order valence-corrected chi connectivity index (χ0v) is 7.74. The van der Waals surface area contributed by atoms with Gasteiger partial charge in [-0.1, -0.05) is 0 Å². The van der Waals surface area contributed by atoms with Crippen molar-refractivity contribution >= 4 is 0 Å². The fourth-order valence-corrected chi connectivity index (χ4v) is 3.77. The molecular formula is C10H14F3N. The molecule has 0 spiro atoms. The standard InChI is InChI=1S/C10H14F3N/c11-7-3-1-5-9(13)4(7)2-6(8(3)12)10(5)14/h3-10H,1-2,14H2. The van der Waals surface area contributed by atoms with Crippen LogP contribution in [0.1, 0.15) is 12.8 Å². The molecule has 1 nitrogen and oxygen atoms in total. The molecule has 4 bridgehead atoms. The minimum absolute atomic E-state index is 0.289. The second kappa shape index (κ2) is 2.65. The minimum Gasteiger partial charge on any atom is -0.327 e. The van der Waals surface area contributed by atoms with Crippen LogP contribution in [0.2, 0.25) is 0 Å². The highest BCUT2D eigenvalue weighted by Crippen LogP contribution is 2.56. The molecule has 4 heteroatoms. The SMILES string of the molecule is NC1C2CC3C(F)C1CC(C2F)C3F. The monoisotopic (exact) mass is 205 g/mol. The van der Waals surface area contributed by atoms with E-state index < -0.39 is 30.4 Å². The fraction of sp³-hybridized carbons (Fsp3) is 1.00. The van der Waals surface area contributed by atoms with E-state index in [4.69, 9.17) is 5.73 Å². The summed E-state index contributed by atoms with van der Waals surface area (Å²) in [6.45, 7) is 0. The van der Waals surface area contributed by atoms with Crippen molar-refractivity contribution in [2.24, 2.45) is 29.4 Å². The Morgan fingerprint density at radius 3 is 1.50 bits per heavy atom. The lowest BCUT2D eigenvalue weighted by Crippen LogP contribution is -2.66. The summed E-state index contributed by atoms with van der Waals surface area (Å²) in [6, 6.07) is -0.389. The summed E-state index contributed by atoms with van der Waals surface area (Å²) in [5.74, 6) is -1.73. The maximum Gasteiger partial charge on any atom is 0.111 e. The van der Waals surface area contributed by atoms with E-state index in [9.17, 15) is 13.2 Å². The maximum atomic E-state index is 13.7. The second-order valence-corrected chi connectivity index (χ2v) is 5.04. The molecule has 80 valence electrons. The molecule has 2 N–H and O–H groups in total. The number of rotatable bonds is 0. The van der Waals surface area contributed by atoms with Crippen molar-refractivity contribution in [1.29, 1.82) is 0 Å². The Hall–Kier alpha value is -0.250. The summed E-state index contributed by atoms with van der Waals surface area (Å²) >= 11 is 0. The van der Waals surface area contributed by atoms with Gasteiger partial charge in [-0.25, -0.2) is 13.2 Å². The summed E-state index contributed by atoms with van der Waals surface area (Å²) in [4.78, 5) is 0. The number of alkyl halides is 3. The summed E-state index contributed by atoms with van der Waals surface area (Å²) in [5, 5.41) is 0. The molecule has 14 heavy (non-hydrogen) atoms. The Kier molecular flexibility index (Phi) is 1.71. The normalized spacial score (nSPS) is 66.0. The van der Waals surface area contributed by atoms with Crippen LogP contribution >= 0.6 is 0 Å². The Morgan fingerprint density at radius 1 is 0.714 bits per heavy atom. The molecule has 4 aliphatic rings. The van der Waals surface area contributed by atoms with Crippen LogP contribution in [0.3, 0.4) is 0 Å². The zero-order valence-electron chi connectivity index (χ0n) is 7.74. The van der Waals surface area contributed by atoms with Crippen molar-refractivity contribution in [3.63, 3.8) is 0 Å². The second-order valence-electron chi connectivity index (χ2n) is 5.04. The number of hydrogen-bond acceptors (Lipinski definition) is 1. The number of halogens is 3. The number of hydrogen-bond donors (Lipinski definition) is 1. The molecule has 0 heterocycles. The Labute approximate surface area is 80.8 Å². The molecule has 4 fully saturated rings. The van der Waals surface area contributed by atoms with Crippen LogP contribution in [0.15, 0.2) is 0 Å². The highest BCUT2D eigenvalue weighted by Gasteiger charge is 2.62. The summed E-state index contributed by atoms with van der Waals surface area (Å²) in [7, 11) is 0. The zero-order chi connectivity index (χ0) is 10.0. The van der Waals surface area contributed by atoms with Gasteiger partial charge in [0, 0.05) is 29.7 Å². The average Bonchev–Trinajstić information content (AvgIpc) is 2.13. The molecule has 0 aliphatic heterocycles. The fourth-order valence-electron chi connectivity index (χ4n) is 3.77. The first-order chi connectivity index (χ1) is 6.61. The van der Waals surface area contributed by atoms with Gasteiger partial charge in [-0.3, -0.25) is 0 Å². The van der Waals surface area contributed by atoms with Crippen molar-refractivity contribution in [2.75, 3.05) is 0 Å². The molecule has 4 saturated carbocycles. The van der Waals surface area contributed by atoms with Gasteiger partial charge in [-0.15, -0.1) is 0 Å². The van der Waals surface area contributed by atoms with E-state index >= 15 is 0 Å². The molecular weight excluding hydrogens is 191 g/mol. The molecule has 0 saturated heterocycles.